The van der Waals surface area contributed by atoms with Gasteiger partial charge in [-0.3, -0.25) is 0 Å². The van der Waals surface area contributed by atoms with Crippen molar-refractivity contribution in [1.82, 2.24) is 0 Å². The standard InChI is InChI=1S/C8H10/c1-2-7-6-3-5(1)8(7)4-6/h1-2,5-8H,3-4H2. The molecule has 4 rings (SSSR count). The van der Waals surface area contributed by atoms with Crippen LogP contribution in [-0.4, -0.2) is 0 Å². The molecule has 0 amide bonds. The molecule has 4 aliphatic rings. The van der Waals surface area contributed by atoms with Crippen LogP contribution in [0.2, 0.25) is 0 Å². The van der Waals surface area contributed by atoms with Gasteiger partial charge in [0.1, 0.15) is 0 Å². The predicted molar refractivity (Wildman–Crippen MR) is 32.3 cm³/mol. The molecule has 0 aliphatic heterocycles. The topological polar surface area (TPSA) is 0 Å². The normalized spacial score (nSPS) is 64.0. The summed E-state index contributed by atoms with van der Waals surface area (Å²) in [4.78, 5) is 0. The minimum absolute atomic E-state index is 1.03. The molecular formula is C8H10. The van der Waals surface area contributed by atoms with E-state index in [0.29, 0.717) is 0 Å². The van der Waals surface area contributed by atoms with Crippen molar-refractivity contribution in [1.29, 1.82) is 0 Å². The smallest absolute Gasteiger partial charge is 0.0171 e. The Kier molecular flexibility index (Phi) is 0.415. The first-order valence-electron chi connectivity index (χ1n) is 3.63. The molecule has 0 spiro atoms. The summed E-state index contributed by atoms with van der Waals surface area (Å²) in [5.74, 6) is 4.35. The van der Waals surface area contributed by atoms with Gasteiger partial charge in [0.15, 0.2) is 0 Å². The summed E-state index contributed by atoms with van der Waals surface area (Å²) >= 11 is 0. The van der Waals surface area contributed by atoms with Crippen LogP contribution >= 0.6 is 0 Å². The lowest BCUT2D eigenvalue weighted by Gasteiger charge is -2.31. The Morgan fingerprint density at radius 3 is 2.50 bits per heavy atom. The molecule has 0 heteroatoms. The highest BCUT2D eigenvalue weighted by molar-refractivity contribution is 5.20. The average Bonchev–Trinajstić information content (AvgIpc) is 2.25. The monoisotopic (exact) mass is 106 g/mol. The van der Waals surface area contributed by atoms with E-state index in [1.165, 1.54) is 6.42 Å². The van der Waals surface area contributed by atoms with Crippen molar-refractivity contribution in [2.45, 2.75) is 12.8 Å². The molecule has 4 aliphatic carbocycles. The molecule has 3 saturated carbocycles. The first-order chi connectivity index (χ1) is 3.95. The summed E-state index contributed by atoms with van der Waals surface area (Å²) in [5.41, 5.74) is 0. The molecule has 42 valence electrons. The van der Waals surface area contributed by atoms with Gasteiger partial charge >= 0.3 is 0 Å². The lowest BCUT2D eigenvalue weighted by Crippen LogP contribution is -2.24. The third-order valence-corrected chi connectivity index (χ3v) is 3.32. The second kappa shape index (κ2) is 0.896. The van der Waals surface area contributed by atoms with Crippen LogP contribution in [0.25, 0.3) is 0 Å². The number of rotatable bonds is 0. The van der Waals surface area contributed by atoms with E-state index < -0.39 is 0 Å². The van der Waals surface area contributed by atoms with E-state index in [1.54, 1.807) is 6.42 Å². The molecule has 4 unspecified atom stereocenters. The van der Waals surface area contributed by atoms with Crippen LogP contribution in [0.4, 0.5) is 0 Å². The summed E-state index contributed by atoms with van der Waals surface area (Å²) in [6.45, 7) is 0. The van der Waals surface area contributed by atoms with Gasteiger partial charge in [0, 0.05) is 0 Å². The maximum Gasteiger partial charge on any atom is -0.0171 e. The highest BCUT2D eigenvalue weighted by Gasteiger charge is 2.53. The van der Waals surface area contributed by atoms with Crippen LogP contribution in [0.15, 0.2) is 12.2 Å². The van der Waals surface area contributed by atoms with Crippen molar-refractivity contribution >= 4 is 0 Å². The first kappa shape index (κ1) is 3.71. The molecule has 0 nitrogen and oxygen atoms in total. The van der Waals surface area contributed by atoms with E-state index in [1.807, 2.05) is 0 Å². The zero-order valence-electron chi connectivity index (χ0n) is 4.88. The van der Waals surface area contributed by atoms with Crippen molar-refractivity contribution in [3.05, 3.63) is 12.2 Å². The van der Waals surface area contributed by atoms with Gasteiger partial charge in [0.05, 0.1) is 0 Å². The van der Waals surface area contributed by atoms with E-state index >= 15 is 0 Å². The largest absolute Gasteiger partial charge is 0.0848 e. The van der Waals surface area contributed by atoms with Gasteiger partial charge in [-0.2, -0.15) is 0 Å². The Bertz CT molecular complexity index is 149. The zero-order valence-corrected chi connectivity index (χ0v) is 4.88. The van der Waals surface area contributed by atoms with Gasteiger partial charge in [0.2, 0.25) is 0 Å². The molecule has 4 bridgehead atoms. The second-order valence-corrected chi connectivity index (χ2v) is 3.52. The number of allylic oxidation sites excluding steroid dienone is 2. The Morgan fingerprint density at radius 1 is 1.12 bits per heavy atom. The Labute approximate surface area is 49.6 Å². The Hall–Kier alpha value is -0.260. The molecule has 0 N–H and O–H groups in total. The highest BCUT2D eigenvalue weighted by atomic mass is 14.6. The van der Waals surface area contributed by atoms with E-state index in [4.69, 9.17) is 0 Å². The Balaban J connectivity index is 2.15. The van der Waals surface area contributed by atoms with Crippen molar-refractivity contribution in [2.75, 3.05) is 0 Å². The quantitative estimate of drug-likeness (QED) is 0.413. The van der Waals surface area contributed by atoms with E-state index in [2.05, 4.69) is 12.2 Å². The third kappa shape index (κ3) is 0.211. The predicted octanol–water partition coefficient (Wildman–Crippen LogP) is 1.83. The number of hydrogen-bond donors (Lipinski definition) is 0. The Morgan fingerprint density at radius 2 is 2.12 bits per heavy atom. The van der Waals surface area contributed by atoms with Crippen molar-refractivity contribution in [3.8, 4) is 0 Å². The van der Waals surface area contributed by atoms with Crippen LogP contribution < -0.4 is 0 Å². The molecule has 0 saturated heterocycles. The average molecular weight is 106 g/mol. The fourth-order valence-corrected chi connectivity index (χ4v) is 2.85. The summed E-state index contributed by atoms with van der Waals surface area (Å²) in [5, 5.41) is 0. The molecular weight excluding hydrogens is 96.1 g/mol. The first-order valence-corrected chi connectivity index (χ1v) is 3.63. The van der Waals surface area contributed by atoms with Gasteiger partial charge in [-0.1, -0.05) is 12.2 Å². The van der Waals surface area contributed by atoms with E-state index in [9.17, 15) is 0 Å². The van der Waals surface area contributed by atoms with Crippen LogP contribution in [0.1, 0.15) is 12.8 Å². The van der Waals surface area contributed by atoms with Gasteiger partial charge in [-0.15, -0.1) is 0 Å². The summed E-state index contributed by atoms with van der Waals surface area (Å²) in [6.07, 6.45) is 7.99. The van der Waals surface area contributed by atoms with Crippen molar-refractivity contribution < 1.29 is 0 Å². The van der Waals surface area contributed by atoms with Crippen LogP contribution in [0.5, 0.6) is 0 Å². The molecule has 0 aromatic rings. The second-order valence-electron chi connectivity index (χ2n) is 3.52. The van der Waals surface area contributed by atoms with Gasteiger partial charge < -0.3 is 0 Å². The summed E-state index contributed by atoms with van der Waals surface area (Å²) in [6, 6.07) is 0. The van der Waals surface area contributed by atoms with Crippen LogP contribution in [0.3, 0.4) is 0 Å². The summed E-state index contributed by atoms with van der Waals surface area (Å²) < 4.78 is 0. The van der Waals surface area contributed by atoms with Crippen LogP contribution in [0, 0.1) is 23.7 Å². The fourth-order valence-electron chi connectivity index (χ4n) is 2.85. The molecule has 8 heavy (non-hydrogen) atoms. The maximum absolute atomic E-state index is 2.45. The molecule has 0 radical (unpaired) electrons. The lowest BCUT2D eigenvalue weighted by molar-refractivity contribution is 0.211. The summed E-state index contributed by atoms with van der Waals surface area (Å²) in [7, 11) is 0. The van der Waals surface area contributed by atoms with Gasteiger partial charge in [0.25, 0.3) is 0 Å². The highest BCUT2D eigenvalue weighted by Crippen LogP contribution is 2.61. The van der Waals surface area contributed by atoms with Gasteiger partial charge in [-0.25, -0.2) is 0 Å². The molecule has 0 aromatic heterocycles. The van der Waals surface area contributed by atoms with Gasteiger partial charge in [-0.05, 0) is 36.5 Å². The van der Waals surface area contributed by atoms with E-state index in [-0.39, 0.29) is 0 Å². The van der Waals surface area contributed by atoms with Crippen molar-refractivity contribution in [3.63, 3.8) is 0 Å². The SMILES string of the molecule is C1=CC2C3CC1C2C3. The minimum Gasteiger partial charge on any atom is -0.0848 e. The molecule has 0 aromatic carbocycles. The zero-order chi connectivity index (χ0) is 5.14. The minimum atomic E-state index is 1.03. The molecule has 3 fully saturated rings. The van der Waals surface area contributed by atoms with E-state index in [0.717, 1.165) is 23.7 Å². The molecule has 4 atom stereocenters. The lowest BCUT2D eigenvalue weighted by atomic mass is 9.74. The van der Waals surface area contributed by atoms with Crippen LogP contribution in [-0.2, 0) is 0 Å². The third-order valence-electron chi connectivity index (χ3n) is 3.32. The fraction of sp³-hybridized carbons (Fsp3) is 0.750. The maximum atomic E-state index is 2.45. The molecule has 0 heterocycles. The number of hydrogen-bond acceptors (Lipinski definition) is 0. The van der Waals surface area contributed by atoms with Crippen molar-refractivity contribution in [2.24, 2.45) is 23.7 Å².